The molecular weight excluding hydrogens is 614 g/mol. The number of fused-ring (bicyclic) bond motifs is 1. The van der Waals surface area contributed by atoms with E-state index >= 15 is 0 Å². The molecule has 0 radical (unpaired) electrons. The van der Waals surface area contributed by atoms with Gasteiger partial charge in [0.25, 0.3) is 11.5 Å². The number of carbonyl (C=O) groups is 2. The maximum atomic E-state index is 14.4. The first-order valence-electron chi connectivity index (χ1n) is 12.9. The number of hydrogen-bond acceptors (Lipinski definition) is 8. The molecule has 0 saturated heterocycles. The summed E-state index contributed by atoms with van der Waals surface area (Å²) in [6, 6.07) is 1.38. The molecule has 4 aromatic rings. The van der Waals surface area contributed by atoms with E-state index in [1.165, 1.54) is 28.6 Å². The van der Waals surface area contributed by atoms with Gasteiger partial charge in [0.2, 0.25) is 0 Å². The number of amides is 1. The van der Waals surface area contributed by atoms with Gasteiger partial charge in [-0.25, -0.2) is 9.18 Å². The van der Waals surface area contributed by atoms with E-state index in [0.29, 0.717) is 28.9 Å². The molecule has 2 atom stereocenters. The first kappa shape index (κ1) is 32.0. The van der Waals surface area contributed by atoms with Crippen LogP contribution in [0.1, 0.15) is 31.4 Å². The molecule has 0 aliphatic carbocycles. The highest BCUT2D eigenvalue weighted by molar-refractivity contribution is 7.17. The van der Waals surface area contributed by atoms with Crippen molar-refractivity contribution in [3.05, 3.63) is 71.5 Å². The number of aromatic nitrogens is 3. The summed E-state index contributed by atoms with van der Waals surface area (Å²) in [6.07, 6.45) is -4.61. The van der Waals surface area contributed by atoms with Gasteiger partial charge in [0.15, 0.2) is 11.5 Å². The average Bonchev–Trinajstić information content (AvgIpc) is 3.55. The molecule has 230 valence electrons. The van der Waals surface area contributed by atoms with Crippen LogP contribution < -0.4 is 21.8 Å². The molecule has 3 aromatic heterocycles. The molecule has 16 heteroatoms. The third-order valence-corrected chi connectivity index (χ3v) is 9.01. The summed E-state index contributed by atoms with van der Waals surface area (Å²) in [4.78, 5) is 55.2. The Bertz CT molecular complexity index is 1900. The van der Waals surface area contributed by atoms with Gasteiger partial charge in [-0.3, -0.25) is 28.1 Å². The minimum Gasteiger partial charge on any atom is -0.443 e. The minimum atomic E-state index is -4.90. The Morgan fingerprint density at radius 2 is 1.81 bits per heavy atom. The van der Waals surface area contributed by atoms with Crippen molar-refractivity contribution in [1.29, 1.82) is 0 Å². The fourth-order valence-electron chi connectivity index (χ4n) is 4.25. The van der Waals surface area contributed by atoms with E-state index in [2.05, 4.69) is 4.99 Å². The van der Waals surface area contributed by atoms with E-state index in [-0.39, 0.29) is 33.8 Å². The summed E-state index contributed by atoms with van der Waals surface area (Å²) in [5.41, 5.74) is 3.93. The van der Waals surface area contributed by atoms with Crippen LogP contribution in [0.15, 0.2) is 43.5 Å². The quantitative estimate of drug-likeness (QED) is 0.232. The van der Waals surface area contributed by atoms with Crippen molar-refractivity contribution < 1.29 is 31.9 Å². The van der Waals surface area contributed by atoms with E-state index in [1.807, 2.05) is 6.92 Å². The largest absolute Gasteiger partial charge is 0.443 e. The molecule has 0 bridgehead atoms. The lowest BCUT2D eigenvalue weighted by atomic mass is 10.0. The van der Waals surface area contributed by atoms with Crippen LogP contribution >= 0.6 is 22.7 Å². The number of ether oxygens (including phenoxy) is 1. The zero-order valence-corrected chi connectivity index (χ0v) is 25.0. The van der Waals surface area contributed by atoms with Crippen molar-refractivity contribution in [3.8, 4) is 11.3 Å². The summed E-state index contributed by atoms with van der Waals surface area (Å²) in [7, 11) is 2.83. The SMILES string of the molecule is CC[C@H](C)[C@H](N)C(=O)OCn1c(-c2ccc(C(F)(F)F)c(F)c2)csc1=NC(=O)Cc1csc2c1c(=O)n(C)c(=O)n2C. The summed E-state index contributed by atoms with van der Waals surface area (Å²) < 4.78 is 62.7. The summed E-state index contributed by atoms with van der Waals surface area (Å²) in [5, 5.41) is 3.21. The van der Waals surface area contributed by atoms with Crippen LogP contribution in [0.25, 0.3) is 21.5 Å². The number of alkyl halides is 3. The standard InChI is InChI=1S/C27H27F4N5O5S2/c1-5-13(2)21(32)24(39)41-12-36-18(14-6-7-16(17(28)8-14)27(29,30)31)11-43-25(36)33-19(37)9-15-10-42-23-20(15)22(38)34(3)26(40)35(23)4/h6-8,10-11,13,21H,5,9,12,32H2,1-4H3/t13-,21-/m0/s1. The van der Waals surface area contributed by atoms with E-state index in [9.17, 15) is 36.7 Å². The maximum Gasteiger partial charge on any atom is 0.419 e. The molecule has 0 aliphatic heterocycles. The number of thiazole rings is 1. The van der Waals surface area contributed by atoms with Crippen LogP contribution in [0.4, 0.5) is 17.6 Å². The lowest BCUT2D eigenvalue weighted by molar-refractivity contribution is -0.150. The van der Waals surface area contributed by atoms with Gasteiger partial charge >= 0.3 is 17.8 Å². The smallest absolute Gasteiger partial charge is 0.419 e. The molecule has 2 N–H and O–H groups in total. The lowest BCUT2D eigenvalue weighted by Gasteiger charge is -2.18. The number of hydrogen-bond donors (Lipinski definition) is 1. The first-order chi connectivity index (χ1) is 20.1. The monoisotopic (exact) mass is 641 g/mol. The normalized spacial score (nSPS) is 13.8. The topological polar surface area (TPSA) is 131 Å². The van der Waals surface area contributed by atoms with Crippen LogP contribution in [-0.4, -0.2) is 31.6 Å². The highest BCUT2D eigenvalue weighted by Gasteiger charge is 2.34. The van der Waals surface area contributed by atoms with Gasteiger partial charge in [0, 0.05) is 25.0 Å². The fraction of sp³-hybridized carbons (Fsp3) is 0.370. The zero-order valence-electron chi connectivity index (χ0n) is 23.4. The second-order valence-electron chi connectivity index (χ2n) is 9.86. The van der Waals surface area contributed by atoms with Gasteiger partial charge in [0.1, 0.15) is 16.7 Å². The van der Waals surface area contributed by atoms with Crippen molar-refractivity contribution in [2.75, 3.05) is 0 Å². The van der Waals surface area contributed by atoms with Crippen LogP contribution in [-0.2, 0) is 47.7 Å². The van der Waals surface area contributed by atoms with Crippen molar-refractivity contribution in [2.24, 2.45) is 30.7 Å². The third kappa shape index (κ3) is 6.40. The molecule has 0 spiro atoms. The van der Waals surface area contributed by atoms with E-state index in [4.69, 9.17) is 10.5 Å². The molecule has 4 rings (SSSR count). The van der Waals surface area contributed by atoms with Crippen molar-refractivity contribution >= 4 is 44.8 Å². The predicted molar refractivity (Wildman–Crippen MR) is 153 cm³/mol. The van der Waals surface area contributed by atoms with E-state index in [1.54, 1.807) is 12.3 Å². The van der Waals surface area contributed by atoms with Gasteiger partial charge in [-0.05, 0) is 29.0 Å². The van der Waals surface area contributed by atoms with Crippen molar-refractivity contribution in [1.82, 2.24) is 13.7 Å². The first-order valence-corrected chi connectivity index (χ1v) is 14.6. The molecule has 1 amide bonds. The van der Waals surface area contributed by atoms with Crippen molar-refractivity contribution in [2.45, 2.75) is 45.6 Å². The Balaban J connectivity index is 1.75. The van der Waals surface area contributed by atoms with E-state index < -0.39 is 53.5 Å². The number of halogens is 4. The number of nitrogens with two attached hydrogens (primary N) is 1. The highest BCUT2D eigenvalue weighted by atomic mass is 32.1. The zero-order chi connectivity index (χ0) is 31.8. The number of benzene rings is 1. The maximum absolute atomic E-state index is 14.4. The Hall–Kier alpha value is -3.89. The van der Waals surface area contributed by atoms with Crippen LogP contribution in [0.5, 0.6) is 0 Å². The molecule has 0 saturated carbocycles. The average molecular weight is 642 g/mol. The molecule has 3 heterocycles. The molecule has 0 unspecified atom stereocenters. The predicted octanol–water partition coefficient (Wildman–Crippen LogP) is 3.53. The van der Waals surface area contributed by atoms with Gasteiger partial charge in [-0.1, -0.05) is 26.3 Å². The molecule has 1 aromatic carbocycles. The van der Waals surface area contributed by atoms with E-state index in [0.717, 1.165) is 33.3 Å². The van der Waals surface area contributed by atoms with Crippen LogP contribution in [0, 0.1) is 11.7 Å². The summed E-state index contributed by atoms with van der Waals surface area (Å²) >= 11 is 2.03. The lowest BCUT2D eigenvalue weighted by Crippen LogP contribution is -2.38. The van der Waals surface area contributed by atoms with Gasteiger partial charge in [0.05, 0.1) is 23.1 Å². The highest BCUT2D eigenvalue weighted by Crippen LogP contribution is 2.33. The van der Waals surface area contributed by atoms with Crippen LogP contribution in [0.3, 0.4) is 0 Å². The third-order valence-electron chi connectivity index (χ3n) is 7.04. The van der Waals surface area contributed by atoms with Gasteiger partial charge < -0.3 is 10.5 Å². The summed E-state index contributed by atoms with van der Waals surface area (Å²) in [5.74, 6) is -3.16. The van der Waals surface area contributed by atoms with Crippen molar-refractivity contribution in [3.63, 3.8) is 0 Å². The van der Waals surface area contributed by atoms with Gasteiger partial charge in [-0.2, -0.15) is 18.2 Å². The molecule has 10 nitrogen and oxygen atoms in total. The number of nitrogens with zero attached hydrogens (tertiary/aromatic N) is 4. The van der Waals surface area contributed by atoms with Crippen LogP contribution in [0.2, 0.25) is 0 Å². The number of rotatable bonds is 8. The molecule has 43 heavy (non-hydrogen) atoms. The van der Waals surface area contributed by atoms with Gasteiger partial charge in [-0.15, -0.1) is 22.7 Å². The fourth-order valence-corrected chi connectivity index (χ4v) is 6.19. The number of aryl methyl sites for hydroxylation is 1. The second kappa shape index (κ2) is 12.4. The minimum absolute atomic E-state index is 0.00468. The molecular formula is C27H27F4N5O5S2. The number of esters is 1. The Labute approximate surface area is 249 Å². The number of thiophene rings is 1. The molecule has 0 fully saturated rings. The summed E-state index contributed by atoms with van der Waals surface area (Å²) in [6.45, 7) is 3.09. The Kier molecular flexibility index (Phi) is 9.22. The molecule has 0 aliphatic rings. The number of carbonyl (C=O) groups excluding carboxylic acids is 2. The second-order valence-corrected chi connectivity index (χ2v) is 11.6. The Morgan fingerprint density at radius 1 is 1.12 bits per heavy atom. The Morgan fingerprint density at radius 3 is 2.44 bits per heavy atom.